The van der Waals surface area contributed by atoms with Gasteiger partial charge in [0.25, 0.3) is 0 Å². The first-order chi connectivity index (χ1) is 8.72. The van der Waals surface area contributed by atoms with Gasteiger partial charge in [0.2, 0.25) is 0 Å². The summed E-state index contributed by atoms with van der Waals surface area (Å²) in [6, 6.07) is 3.05. The zero-order valence-corrected chi connectivity index (χ0v) is 11.9. The number of carbonyl (C=O) groups is 2. The molecule has 19 heavy (non-hydrogen) atoms. The van der Waals surface area contributed by atoms with E-state index in [4.69, 9.17) is 10.5 Å². The Labute approximate surface area is 112 Å². The van der Waals surface area contributed by atoms with Crippen LogP contribution in [0.25, 0.3) is 0 Å². The first kappa shape index (κ1) is 15.0. The summed E-state index contributed by atoms with van der Waals surface area (Å²) in [6.07, 6.45) is 0. The summed E-state index contributed by atoms with van der Waals surface area (Å²) in [4.78, 5) is 23.5. The molecule has 5 nitrogen and oxygen atoms in total. The SMILES string of the molecule is COC(=O)c1cc(N)c(C(C)(C)C)cc1C(=O)OC. The van der Waals surface area contributed by atoms with E-state index in [0.29, 0.717) is 5.69 Å². The van der Waals surface area contributed by atoms with E-state index in [1.54, 1.807) is 6.07 Å². The van der Waals surface area contributed by atoms with E-state index in [2.05, 4.69) is 4.74 Å². The van der Waals surface area contributed by atoms with E-state index in [-0.39, 0.29) is 16.5 Å². The van der Waals surface area contributed by atoms with E-state index >= 15 is 0 Å². The molecule has 0 unspecified atom stereocenters. The molecule has 0 amide bonds. The Morgan fingerprint density at radius 2 is 1.42 bits per heavy atom. The summed E-state index contributed by atoms with van der Waals surface area (Å²) in [5.74, 6) is -1.21. The van der Waals surface area contributed by atoms with E-state index in [9.17, 15) is 9.59 Å². The van der Waals surface area contributed by atoms with Gasteiger partial charge in [-0.05, 0) is 23.1 Å². The van der Waals surface area contributed by atoms with Gasteiger partial charge in [-0.3, -0.25) is 0 Å². The molecule has 0 saturated carbocycles. The van der Waals surface area contributed by atoms with Crippen LogP contribution in [0.2, 0.25) is 0 Å². The molecule has 0 heterocycles. The lowest BCUT2D eigenvalue weighted by molar-refractivity contribution is 0.0555. The highest BCUT2D eigenvalue weighted by Gasteiger charge is 2.25. The molecule has 0 bridgehead atoms. The lowest BCUT2D eigenvalue weighted by Gasteiger charge is -2.22. The van der Waals surface area contributed by atoms with Crippen molar-refractivity contribution in [2.45, 2.75) is 26.2 Å². The Morgan fingerprint density at radius 3 is 1.79 bits per heavy atom. The van der Waals surface area contributed by atoms with Crippen molar-refractivity contribution in [1.82, 2.24) is 0 Å². The molecule has 0 aliphatic rings. The Hall–Kier alpha value is -2.04. The highest BCUT2D eigenvalue weighted by atomic mass is 16.5. The maximum absolute atomic E-state index is 11.8. The standard InChI is InChI=1S/C14H19NO4/c1-14(2,3)10-6-8(12(16)18-4)9(7-11(10)15)13(17)19-5/h6-7H,15H2,1-5H3. The van der Waals surface area contributed by atoms with Crippen molar-refractivity contribution in [1.29, 1.82) is 0 Å². The summed E-state index contributed by atoms with van der Waals surface area (Å²) in [5, 5.41) is 0. The van der Waals surface area contributed by atoms with E-state index < -0.39 is 11.9 Å². The van der Waals surface area contributed by atoms with Crippen LogP contribution in [0.1, 0.15) is 47.1 Å². The predicted molar refractivity (Wildman–Crippen MR) is 72.2 cm³/mol. The molecule has 0 aliphatic heterocycles. The van der Waals surface area contributed by atoms with Crippen molar-refractivity contribution in [3.63, 3.8) is 0 Å². The number of hydrogen-bond donors (Lipinski definition) is 1. The molecule has 0 fully saturated rings. The Kier molecular flexibility index (Phi) is 4.19. The van der Waals surface area contributed by atoms with E-state index in [1.807, 2.05) is 20.8 Å². The van der Waals surface area contributed by atoms with Gasteiger partial charge in [-0.15, -0.1) is 0 Å². The third kappa shape index (κ3) is 3.05. The fourth-order valence-electron chi connectivity index (χ4n) is 1.82. The summed E-state index contributed by atoms with van der Waals surface area (Å²) in [6.45, 7) is 5.91. The van der Waals surface area contributed by atoms with Gasteiger partial charge in [-0.25, -0.2) is 9.59 Å². The smallest absolute Gasteiger partial charge is 0.338 e. The largest absolute Gasteiger partial charge is 0.465 e. The molecule has 0 aromatic heterocycles. The van der Waals surface area contributed by atoms with Crippen LogP contribution in [0.5, 0.6) is 0 Å². The lowest BCUT2D eigenvalue weighted by atomic mass is 9.83. The zero-order chi connectivity index (χ0) is 14.8. The number of carbonyl (C=O) groups excluding carboxylic acids is 2. The zero-order valence-electron chi connectivity index (χ0n) is 11.9. The van der Waals surface area contributed by atoms with Crippen molar-refractivity contribution < 1.29 is 19.1 Å². The maximum Gasteiger partial charge on any atom is 0.338 e. The van der Waals surface area contributed by atoms with Gasteiger partial charge in [0.15, 0.2) is 0 Å². The van der Waals surface area contributed by atoms with Crippen molar-refractivity contribution in [2.24, 2.45) is 0 Å². The fourth-order valence-corrected chi connectivity index (χ4v) is 1.82. The van der Waals surface area contributed by atoms with E-state index in [0.717, 1.165) is 5.56 Å². The minimum Gasteiger partial charge on any atom is -0.465 e. The lowest BCUT2D eigenvalue weighted by Crippen LogP contribution is -2.19. The number of esters is 2. The molecule has 0 spiro atoms. The van der Waals surface area contributed by atoms with Crippen LogP contribution in [0, 0.1) is 0 Å². The highest BCUT2D eigenvalue weighted by Crippen LogP contribution is 2.31. The van der Waals surface area contributed by atoms with Crippen LogP contribution in [-0.2, 0) is 14.9 Å². The van der Waals surface area contributed by atoms with Gasteiger partial charge in [-0.2, -0.15) is 0 Å². The molecular weight excluding hydrogens is 246 g/mol. The van der Waals surface area contributed by atoms with Crippen LogP contribution in [0.4, 0.5) is 5.69 Å². The second kappa shape index (κ2) is 5.30. The number of ether oxygens (including phenoxy) is 2. The summed E-state index contributed by atoms with van der Waals surface area (Å²) < 4.78 is 9.34. The van der Waals surface area contributed by atoms with Gasteiger partial charge in [0.1, 0.15) is 0 Å². The van der Waals surface area contributed by atoms with Crippen LogP contribution in [-0.4, -0.2) is 26.2 Å². The molecule has 0 atom stereocenters. The summed E-state index contributed by atoms with van der Waals surface area (Å²) >= 11 is 0. The van der Waals surface area contributed by atoms with Crippen LogP contribution < -0.4 is 5.73 Å². The molecule has 5 heteroatoms. The average Bonchev–Trinajstić information content (AvgIpc) is 2.35. The Bertz CT molecular complexity index is 515. The first-order valence-corrected chi connectivity index (χ1v) is 5.83. The van der Waals surface area contributed by atoms with Crippen molar-refractivity contribution in [2.75, 3.05) is 20.0 Å². The molecule has 1 aromatic carbocycles. The fraction of sp³-hybridized carbons (Fsp3) is 0.429. The number of nitrogen functional groups attached to an aromatic ring is 1. The van der Waals surface area contributed by atoms with Crippen molar-refractivity contribution >= 4 is 17.6 Å². The molecule has 1 rings (SSSR count). The molecule has 104 valence electrons. The average molecular weight is 265 g/mol. The molecule has 0 saturated heterocycles. The topological polar surface area (TPSA) is 78.6 Å². The highest BCUT2D eigenvalue weighted by molar-refractivity contribution is 6.04. The molecular formula is C14H19NO4. The molecule has 2 N–H and O–H groups in total. The number of nitrogens with two attached hydrogens (primary N) is 1. The number of rotatable bonds is 2. The quantitative estimate of drug-likeness (QED) is 0.654. The second-order valence-corrected chi connectivity index (χ2v) is 5.22. The van der Waals surface area contributed by atoms with E-state index in [1.165, 1.54) is 20.3 Å². The first-order valence-electron chi connectivity index (χ1n) is 5.83. The Morgan fingerprint density at radius 1 is 1.00 bits per heavy atom. The third-order valence-electron chi connectivity index (χ3n) is 2.81. The van der Waals surface area contributed by atoms with Gasteiger partial charge >= 0.3 is 11.9 Å². The number of methoxy groups -OCH3 is 2. The van der Waals surface area contributed by atoms with Gasteiger partial charge in [-0.1, -0.05) is 20.8 Å². The minimum atomic E-state index is -0.618. The number of anilines is 1. The van der Waals surface area contributed by atoms with Crippen molar-refractivity contribution in [3.05, 3.63) is 28.8 Å². The predicted octanol–water partition coefficient (Wildman–Crippen LogP) is 2.14. The summed E-state index contributed by atoms with van der Waals surface area (Å²) in [5.41, 5.74) is 7.20. The van der Waals surface area contributed by atoms with Crippen LogP contribution in [0.3, 0.4) is 0 Å². The second-order valence-electron chi connectivity index (χ2n) is 5.22. The number of hydrogen-bond acceptors (Lipinski definition) is 5. The van der Waals surface area contributed by atoms with Crippen molar-refractivity contribution in [3.8, 4) is 0 Å². The van der Waals surface area contributed by atoms with Gasteiger partial charge < -0.3 is 15.2 Å². The normalized spacial score (nSPS) is 11.0. The van der Waals surface area contributed by atoms with Crippen LogP contribution >= 0.6 is 0 Å². The summed E-state index contributed by atoms with van der Waals surface area (Å²) in [7, 11) is 2.51. The maximum atomic E-state index is 11.8. The molecule has 1 aromatic rings. The van der Waals surface area contributed by atoms with Gasteiger partial charge in [0.05, 0.1) is 25.3 Å². The van der Waals surface area contributed by atoms with Crippen LogP contribution in [0.15, 0.2) is 12.1 Å². The van der Waals surface area contributed by atoms with Gasteiger partial charge in [0, 0.05) is 5.69 Å². The number of benzene rings is 1. The monoisotopic (exact) mass is 265 g/mol. The molecule has 0 radical (unpaired) electrons. The molecule has 0 aliphatic carbocycles. The Balaban J connectivity index is 3.55. The third-order valence-corrected chi connectivity index (χ3v) is 2.81. The minimum absolute atomic E-state index is 0.111.